The molecule has 1 amide bonds. The van der Waals surface area contributed by atoms with Gasteiger partial charge in [-0.2, -0.15) is 0 Å². The largest absolute Gasteiger partial charge is 0.346 e. The standard InChI is InChI=1S/C18H19N5O.ClH/c24-17(9-14-11-22-18-15(14)4-2-6-21-18)23-8-7-20-12-16(23)13-3-1-5-19-10-13;/h1-6,10-11,16,20H,7-9,12H2,(H,21,22);1H. The zero-order chi connectivity index (χ0) is 16.4. The van der Waals surface area contributed by atoms with Crippen LogP contribution in [0.5, 0.6) is 0 Å². The fraction of sp³-hybridized carbons (Fsp3) is 0.278. The molecule has 6 nitrogen and oxygen atoms in total. The Morgan fingerprint density at radius 1 is 1.28 bits per heavy atom. The van der Waals surface area contributed by atoms with Crippen LogP contribution in [0.1, 0.15) is 17.2 Å². The molecule has 1 fully saturated rings. The Labute approximate surface area is 152 Å². The van der Waals surface area contributed by atoms with Crippen molar-refractivity contribution in [2.24, 2.45) is 0 Å². The van der Waals surface area contributed by atoms with Gasteiger partial charge in [-0.1, -0.05) is 6.07 Å². The molecule has 2 N–H and O–H groups in total. The normalized spacial score (nSPS) is 17.3. The molecule has 7 heteroatoms. The third-order valence-electron chi connectivity index (χ3n) is 4.51. The minimum atomic E-state index is 0. The van der Waals surface area contributed by atoms with Gasteiger partial charge in [0.15, 0.2) is 0 Å². The number of hydrogen-bond donors (Lipinski definition) is 2. The molecule has 3 aromatic rings. The summed E-state index contributed by atoms with van der Waals surface area (Å²) in [5.41, 5.74) is 2.88. The smallest absolute Gasteiger partial charge is 0.227 e. The Kier molecular flexibility index (Phi) is 5.31. The number of hydrogen-bond acceptors (Lipinski definition) is 4. The number of aromatic amines is 1. The van der Waals surface area contributed by atoms with Gasteiger partial charge in [0.1, 0.15) is 5.65 Å². The second kappa shape index (κ2) is 7.63. The van der Waals surface area contributed by atoms with Crippen molar-refractivity contribution in [3.05, 3.63) is 60.2 Å². The minimum Gasteiger partial charge on any atom is -0.346 e. The molecule has 1 atom stereocenters. The Hall–Kier alpha value is -2.44. The minimum absolute atomic E-state index is 0. The summed E-state index contributed by atoms with van der Waals surface area (Å²) in [6.45, 7) is 2.28. The number of fused-ring (bicyclic) bond motifs is 1. The summed E-state index contributed by atoms with van der Waals surface area (Å²) in [5.74, 6) is 0.134. The fourth-order valence-corrected chi connectivity index (χ4v) is 3.30. The van der Waals surface area contributed by atoms with Gasteiger partial charge >= 0.3 is 0 Å². The Bertz CT molecular complexity index is 851. The average Bonchev–Trinajstić information content (AvgIpc) is 3.05. The van der Waals surface area contributed by atoms with Gasteiger partial charge in [-0.3, -0.25) is 9.78 Å². The predicted molar refractivity (Wildman–Crippen MR) is 98.6 cm³/mol. The average molecular weight is 358 g/mol. The van der Waals surface area contributed by atoms with Crippen LogP contribution in [0.3, 0.4) is 0 Å². The summed E-state index contributed by atoms with van der Waals surface area (Å²) >= 11 is 0. The number of carbonyl (C=O) groups excluding carboxylic acids is 1. The van der Waals surface area contributed by atoms with E-state index < -0.39 is 0 Å². The number of aromatic nitrogens is 3. The molecule has 3 aromatic heterocycles. The molecule has 0 bridgehead atoms. The third-order valence-corrected chi connectivity index (χ3v) is 4.51. The highest BCUT2D eigenvalue weighted by atomic mass is 35.5. The van der Waals surface area contributed by atoms with Crippen LogP contribution in [-0.4, -0.2) is 45.4 Å². The summed E-state index contributed by atoms with van der Waals surface area (Å²) in [4.78, 5) is 26.5. The lowest BCUT2D eigenvalue weighted by molar-refractivity contribution is -0.133. The van der Waals surface area contributed by atoms with Crippen molar-refractivity contribution in [1.82, 2.24) is 25.2 Å². The molecule has 25 heavy (non-hydrogen) atoms. The predicted octanol–water partition coefficient (Wildman–Crippen LogP) is 2.10. The van der Waals surface area contributed by atoms with Crippen LogP contribution in [0, 0.1) is 0 Å². The van der Waals surface area contributed by atoms with Crippen LogP contribution in [0.25, 0.3) is 11.0 Å². The van der Waals surface area contributed by atoms with Crippen molar-refractivity contribution in [2.45, 2.75) is 12.5 Å². The molecule has 0 aliphatic carbocycles. The van der Waals surface area contributed by atoms with Crippen molar-refractivity contribution in [1.29, 1.82) is 0 Å². The Balaban J connectivity index is 0.00000182. The van der Waals surface area contributed by atoms with Crippen LogP contribution >= 0.6 is 12.4 Å². The SMILES string of the molecule is Cl.O=C(Cc1c[nH]c2ncccc12)N1CCNCC1c1cccnc1. The van der Waals surface area contributed by atoms with Gasteiger partial charge in [-0.15, -0.1) is 12.4 Å². The molecule has 4 heterocycles. The van der Waals surface area contributed by atoms with E-state index in [0.717, 1.165) is 35.2 Å². The van der Waals surface area contributed by atoms with Gasteiger partial charge in [-0.05, 0) is 29.3 Å². The number of carbonyl (C=O) groups is 1. The molecule has 0 spiro atoms. The molecule has 0 aromatic carbocycles. The molecule has 1 aliphatic rings. The second-order valence-electron chi connectivity index (χ2n) is 5.98. The lowest BCUT2D eigenvalue weighted by Crippen LogP contribution is -2.49. The lowest BCUT2D eigenvalue weighted by atomic mass is 10.0. The number of nitrogens with one attached hydrogen (secondary N) is 2. The zero-order valence-electron chi connectivity index (χ0n) is 13.7. The van der Waals surface area contributed by atoms with Gasteiger partial charge in [0.05, 0.1) is 12.5 Å². The number of amides is 1. The van der Waals surface area contributed by atoms with Crippen molar-refractivity contribution in [3.63, 3.8) is 0 Å². The summed E-state index contributed by atoms with van der Waals surface area (Å²) in [5, 5.41) is 4.38. The first-order valence-corrected chi connectivity index (χ1v) is 8.14. The maximum absolute atomic E-state index is 12.9. The van der Waals surface area contributed by atoms with Gasteiger partial charge < -0.3 is 15.2 Å². The molecule has 130 valence electrons. The van der Waals surface area contributed by atoms with E-state index in [0.29, 0.717) is 13.0 Å². The quantitative estimate of drug-likeness (QED) is 0.752. The number of nitrogens with zero attached hydrogens (tertiary/aromatic N) is 3. The van der Waals surface area contributed by atoms with Gasteiger partial charge in [0.2, 0.25) is 5.91 Å². The first-order valence-electron chi connectivity index (χ1n) is 8.14. The topological polar surface area (TPSA) is 73.9 Å². The molecule has 1 aliphatic heterocycles. The third kappa shape index (κ3) is 3.50. The first kappa shape index (κ1) is 17.4. The maximum Gasteiger partial charge on any atom is 0.227 e. The van der Waals surface area contributed by atoms with Crippen LogP contribution in [0.2, 0.25) is 0 Å². The number of rotatable bonds is 3. The van der Waals surface area contributed by atoms with Gasteiger partial charge in [0.25, 0.3) is 0 Å². The van der Waals surface area contributed by atoms with Crippen LogP contribution in [0.4, 0.5) is 0 Å². The van der Waals surface area contributed by atoms with Crippen LogP contribution in [0.15, 0.2) is 49.1 Å². The van der Waals surface area contributed by atoms with Crippen molar-refractivity contribution in [3.8, 4) is 0 Å². The van der Waals surface area contributed by atoms with E-state index in [-0.39, 0.29) is 24.4 Å². The zero-order valence-corrected chi connectivity index (χ0v) is 14.5. The summed E-state index contributed by atoms with van der Waals surface area (Å²) in [7, 11) is 0. The summed E-state index contributed by atoms with van der Waals surface area (Å²) in [6.07, 6.45) is 7.61. The van der Waals surface area contributed by atoms with E-state index in [1.54, 1.807) is 12.4 Å². The van der Waals surface area contributed by atoms with E-state index >= 15 is 0 Å². The van der Waals surface area contributed by atoms with E-state index in [2.05, 4.69) is 20.3 Å². The molecule has 1 unspecified atom stereocenters. The van der Waals surface area contributed by atoms with Crippen LogP contribution in [-0.2, 0) is 11.2 Å². The highest BCUT2D eigenvalue weighted by Gasteiger charge is 2.28. The summed E-state index contributed by atoms with van der Waals surface area (Å²) in [6, 6.07) is 7.87. The molecule has 4 rings (SSSR count). The van der Waals surface area contributed by atoms with E-state index in [1.807, 2.05) is 41.6 Å². The molecular weight excluding hydrogens is 338 g/mol. The monoisotopic (exact) mass is 357 g/mol. The highest BCUT2D eigenvalue weighted by molar-refractivity contribution is 5.87. The maximum atomic E-state index is 12.9. The molecule has 1 saturated heterocycles. The Morgan fingerprint density at radius 2 is 2.16 bits per heavy atom. The first-order chi connectivity index (χ1) is 11.8. The molecule has 0 radical (unpaired) electrons. The van der Waals surface area contributed by atoms with Crippen molar-refractivity contribution in [2.75, 3.05) is 19.6 Å². The van der Waals surface area contributed by atoms with Gasteiger partial charge in [-0.25, -0.2) is 4.98 Å². The number of halogens is 1. The lowest BCUT2D eigenvalue weighted by Gasteiger charge is -2.36. The van der Waals surface area contributed by atoms with Crippen LogP contribution < -0.4 is 5.32 Å². The number of pyridine rings is 2. The molecule has 0 saturated carbocycles. The van der Waals surface area contributed by atoms with Crippen molar-refractivity contribution < 1.29 is 4.79 Å². The second-order valence-corrected chi connectivity index (χ2v) is 5.98. The van der Waals surface area contributed by atoms with E-state index in [1.165, 1.54) is 0 Å². The van der Waals surface area contributed by atoms with Crippen molar-refractivity contribution >= 4 is 29.3 Å². The number of piperazine rings is 1. The highest BCUT2D eigenvalue weighted by Crippen LogP contribution is 2.24. The van der Waals surface area contributed by atoms with E-state index in [9.17, 15) is 4.79 Å². The summed E-state index contributed by atoms with van der Waals surface area (Å²) < 4.78 is 0. The van der Waals surface area contributed by atoms with Gasteiger partial charge in [0, 0.05) is 49.8 Å². The molecular formula is C18H20ClN5O. The fourth-order valence-electron chi connectivity index (χ4n) is 3.30. The Morgan fingerprint density at radius 3 is 3.00 bits per heavy atom. The number of H-pyrrole nitrogens is 1. The van der Waals surface area contributed by atoms with E-state index in [4.69, 9.17) is 0 Å².